The first-order chi connectivity index (χ1) is 13.6. The van der Waals surface area contributed by atoms with Gasteiger partial charge in [0.1, 0.15) is 6.17 Å². The molecule has 2 aliphatic heterocycles. The molecule has 1 fully saturated rings. The molecule has 0 N–H and O–H groups in total. The number of rotatable bonds is 1. The number of carbonyl (C=O) groups excluding carboxylic acids is 1. The zero-order valence-corrected chi connectivity index (χ0v) is 15.7. The molecule has 3 heterocycles. The first kappa shape index (κ1) is 19.7. The zero-order valence-electron chi connectivity index (χ0n) is 14.9. The number of urea groups is 1. The molecule has 0 saturated carbocycles. The predicted octanol–water partition coefficient (Wildman–Crippen LogP) is 3.87. The molecule has 2 aromatic rings. The summed E-state index contributed by atoms with van der Waals surface area (Å²) in [6.07, 6.45) is -8.90. The van der Waals surface area contributed by atoms with Gasteiger partial charge in [-0.1, -0.05) is 0 Å². The molecule has 0 spiro atoms. The first-order valence-corrected chi connectivity index (χ1v) is 9.32. The molecule has 0 bridgehead atoms. The van der Waals surface area contributed by atoms with Crippen LogP contribution in [0.3, 0.4) is 0 Å². The highest BCUT2D eigenvalue weighted by Gasteiger charge is 2.65. The lowest BCUT2D eigenvalue weighted by molar-refractivity contribution is -0.391. The van der Waals surface area contributed by atoms with Crippen molar-refractivity contribution < 1.29 is 36.2 Å². The van der Waals surface area contributed by atoms with E-state index in [9.17, 15) is 26.7 Å². The van der Waals surface area contributed by atoms with Gasteiger partial charge in [0.2, 0.25) is 0 Å². The Balaban J connectivity index is 1.70. The van der Waals surface area contributed by atoms with Gasteiger partial charge in [0.05, 0.1) is 12.2 Å². The molecule has 1 atom stereocenters. The lowest BCUT2D eigenvalue weighted by Gasteiger charge is -2.31. The molecule has 1 saturated heterocycles. The Morgan fingerprint density at radius 1 is 1.21 bits per heavy atom. The van der Waals surface area contributed by atoms with Crippen molar-refractivity contribution in [3.05, 3.63) is 34.1 Å². The van der Waals surface area contributed by atoms with Crippen molar-refractivity contribution in [1.29, 1.82) is 0 Å². The number of hydrogen-bond donors (Lipinski definition) is 0. The molecule has 0 radical (unpaired) electrons. The number of amides is 2. The number of nitrogens with zero attached hydrogens (tertiary/aromatic N) is 3. The van der Waals surface area contributed by atoms with E-state index in [4.69, 9.17) is 0 Å². The summed E-state index contributed by atoms with van der Waals surface area (Å²) in [6.45, 7) is 1.95. The minimum Gasteiger partial charge on any atom is -0.421 e. The van der Waals surface area contributed by atoms with Gasteiger partial charge in [0.15, 0.2) is 16.3 Å². The van der Waals surface area contributed by atoms with E-state index < -0.39 is 35.9 Å². The molecule has 156 valence electrons. The second kappa shape index (κ2) is 6.71. The Morgan fingerprint density at radius 3 is 2.55 bits per heavy atom. The Labute approximate surface area is 164 Å². The van der Waals surface area contributed by atoms with Gasteiger partial charge in [-0.3, -0.25) is 4.57 Å². The van der Waals surface area contributed by atoms with Crippen molar-refractivity contribution in [2.75, 3.05) is 13.1 Å². The first-order valence-electron chi connectivity index (χ1n) is 8.50. The number of ether oxygens (including phenoxy) is 2. The van der Waals surface area contributed by atoms with Crippen molar-refractivity contribution in [1.82, 2.24) is 9.47 Å². The minimum atomic E-state index is -4.84. The van der Waals surface area contributed by atoms with Crippen LogP contribution in [0.15, 0.2) is 29.4 Å². The normalized spacial score (nSPS) is 22.8. The summed E-state index contributed by atoms with van der Waals surface area (Å²) in [4.78, 5) is 18.5. The summed E-state index contributed by atoms with van der Waals surface area (Å²) in [5.41, 5.74) is 0.244. The van der Waals surface area contributed by atoms with Crippen LogP contribution in [0.1, 0.15) is 11.3 Å². The topological polar surface area (TPSA) is 56.1 Å². The zero-order chi connectivity index (χ0) is 21.0. The summed E-state index contributed by atoms with van der Waals surface area (Å²) in [5.74, 6) is -1.12. The van der Waals surface area contributed by atoms with Crippen molar-refractivity contribution >= 4 is 17.4 Å². The average molecular weight is 435 g/mol. The van der Waals surface area contributed by atoms with Crippen molar-refractivity contribution in [3.8, 4) is 17.2 Å². The second-order valence-corrected chi connectivity index (χ2v) is 7.80. The fraction of sp³-hybridized carbons (Fsp3) is 0.412. The van der Waals surface area contributed by atoms with Crippen LogP contribution in [0.2, 0.25) is 0 Å². The van der Waals surface area contributed by atoms with Crippen molar-refractivity contribution in [2.24, 2.45) is 4.99 Å². The Hall–Kier alpha value is -2.63. The third kappa shape index (κ3) is 3.56. The largest absolute Gasteiger partial charge is 0.507 e. The highest BCUT2D eigenvalue weighted by molar-refractivity contribution is 7.09. The van der Waals surface area contributed by atoms with Gasteiger partial charge in [0.25, 0.3) is 0 Å². The highest BCUT2D eigenvalue weighted by Crippen LogP contribution is 2.47. The smallest absolute Gasteiger partial charge is 0.421 e. The highest BCUT2D eigenvalue weighted by atomic mass is 32.1. The van der Waals surface area contributed by atoms with Gasteiger partial charge in [0, 0.05) is 23.7 Å². The van der Waals surface area contributed by atoms with Crippen molar-refractivity contribution in [2.45, 2.75) is 31.7 Å². The Morgan fingerprint density at radius 2 is 1.90 bits per heavy atom. The second-order valence-electron chi connectivity index (χ2n) is 6.59. The van der Waals surface area contributed by atoms with E-state index in [1.54, 1.807) is 13.1 Å². The third-order valence-corrected chi connectivity index (χ3v) is 5.28. The average Bonchev–Trinajstić information content (AvgIpc) is 3.21. The summed E-state index contributed by atoms with van der Waals surface area (Å²) in [5, 5.41) is 0. The molecule has 12 heteroatoms. The molecule has 0 unspecified atom stereocenters. The summed E-state index contributed by atoms with van der Waals surface area (Å²) in [7, 11) is 0. The van der Waals surface area contributed by atoms with Crippen LogP contribution in [0.4, 0.5) is 26.7 Å². The lowest BCUT2D eigenvalue weighted by Crippen LogP contribution is -2.52. The number of likely N-dealkylation sites (tertiary alicyclic amines) is 1. The third-order valence-electron chi connectivity index (χ3n) is 4.38. The molecule has 29 heavy (non-hydrogen) atoms. The molecule has 2 amide bonds. The number of hydrogen-bond acceptors (Lipinski definition) is 4. The standard InChI is InChI=1S/C17H14F5N3O3S/c1-9-7-25(15(29-9)23-14(26)24-5-4-10(18)8-24)11-2-3-12-13(6-11)28-17(21,22)16(19,20)27-12/h2-3,6-7,10H,4-5,8H2,1H3/t10-/m0/s1. The van der Waals surface area contributed by atoms with Gasteiger partial charge in [-0.15, -0.1) is 11.3 Å². The van der Waals surface area contributed by atoms with Crippen molar-refractivity contribution in [3.63, 3.8) is 0 Å². The van der Waals surface area contributed by atoms with E-state index in [-0.39, 0.29) is 30.0 Å². The van der Waals surface area contributed by atoms with Gasteiger partial charge in [-0.25, -0.2) is 9.18 Å². The molecule has 1 aromatic carbocycles. The molecule has 4 rings (SSSR count). The molecule has 1 aromatic heterocycles. The minimum absolute atomic E-state index is 0.0417. The molecule has 2 aliphatic rings. The van der Waals surface area contributed by atoms with Crippen LogP contribution in [-0.2, 0) is 0 Å². The van der Waals surface area contributed by atoms with Gasteiger partial charge in [-0.05, 0) is 25.5 Å². The van der Waals surface area contributed by atoms with Crippen LogP contribution >= 0.6 is 11.3 Å². The molecule has 6 nitrogen and oxygen atoms in total. The lowest BCUT2D eigenvalue weighted by atomic mass is 10.2. The fourth-order valence-corrected chi connectivity index (χ4v) is 3.79. The predicted molar refractivity (Wildman–Crippen MR) is 91.6 cm³/mol. The number of benzene rings is 1. The maximum atomic E-state index is 13.5. The van der Waals surface area contributed by atoms with Crippen LogP contribution in [0, 0.1) is 6.92 Å². The van der Waals surface area contributed by atoms with Gasteiger partial charge >= 0.3 is 18.2 Å². The molecular formula is C17H14F5N3O3S. The van der Waals surface area contributed by atoms with Crippen LogP contribution < -0.4 is 14.3 Å². The summed E-state index contributed by atoms with van der Waals surface area (Å²) < 4.78 is 76.4. The fourth-order valence-electron chi connectivity index (χ4n) is 2.97. The SMILES string of the molecule is Cc1cn(-c2ccc3c(c2)OC(F)(F)C(F)(F)O3)c(=NC(=O)N2CC[C@H](F)C2)s1. The van der Waals surface area contributed by atoms with Crippen LogP contribution in [0.25, 0.3) is 5.69 Å². The monoisotopic (exact) mass is 435 g/mol. The van der Waals surface area contributed by atoms with E-state index in [0.717, 1.165) is 28.3 Å². The summed E-state index contributed by atoms with van der Waals surface area (Å²) >= 11 is 1.15. The van der Waals surface area contributed by atoms with E-state index in [2.05, 4.69) is 14.5 Å². The maximum absolute atomic E-state index is 13.5. The van der Waals surface area contributed by atoms with E-state index in [0.29, 0.717) is 0 Å². The number of fused-ring (bicyclic) bond motifs is 1. The Bertz CT molecular complexity index is 1040. The van der Waals surface area contributed by atoms with Crippen LogP contribution in [-0.4, -0.2) is 47.0 Å². The quantitative estimate of drug-likeness (QED) is 0.640. The number of thiazole rings is 1. The molecule has 0 aliphatic carbocycles. The number of aryl methyl sites for hydroxylation is 1. The van der Waals surface area contributed by atoms with E-state index in [1.807, 2.05) is 0 Å². The number of aromatic nitrogens is 1. The van der Waals surface area contributed by atoms with E-state index >= 15 is 0 Å². The number of alkyl halides is 5. The number of halogens is 5. The van der Waals surface area contributed by atoms with Crippen LogP contribution in [0.5, 0.6) is 11.5 Å². The van der Waals surface area contributed by atoms with Gasteiger partial charge < -0.3 is 14.4 Å². The number of carbonyl (C=O) groups is 1. The van der Waals surface area contributed by atoms with Gasteiger partial charge in [-0.2, -0.15) is 22.6 Å². The maximum Gasteiger partial charge on any atom is 0.507 e. The van der Waals surface area contributed by atoms with E-state index in [1.165, 1.54) is 15.5 Å². The molecular weight excluding hydrogens is 421 g/mol. The summed E-state index contributed by atoms with van der Waals surface area (Å²) in [6, 6.07) is 2.87. The Kier molecular flexibility index (Phi) is 4.56.